The molecule has 0 radical (unpaired) electrons. The van der Waals surface area contributed by atoms with Crippen molar-refractivity contribution in [2.45, 2.75) is 24.0 Å². The lowest BCUT2D eigenvalue weighted by Crippen LogP contribution is -2.36. The first-order chi connectivity index (χ1) is 19.4. The highest BCUT2D eigenvalue weighted by atomic mass is 79.9. The molecule has 40 heavy (non-hydrogen) atoms. The molecule has 2 fully saturated rings. The van der Waals surface area contributed by atoms with Gasteiger partial charge in [0.1, 0.15) is 35.5 Å². The first-order valence-corrected chi connectivity index (χ1v) is 14.2. The Kier molecular flexibility index (Phi) is 8.57. The summed E-state index contributed by atoms with van der Waals surface area (Å²) in [5.74, 6) is 0.480. The van der Waals surface area contributed by atoms with Gasteiger partial charge in [0.15, 0.2) is 0 Å². The first-order valence-electron chi connectivity index (χ1n) is 12.6. The van der Waals surface area contributed by atoms with Gasteiger partial charge in [0, 0.05) is 8.95 Å². The molecule has 0 aromatic heterocycles. The van der Waals surface area contributed by atoms with Crippen LogP contribution in [0.15, 0.2) is 106 Å². The van der Waals surface area contributed by atoms with Gasteiger partial charge < -0.3 is 18.9 Å². The SMILES string of the molecule is COc1ccc(Br)c([C@H]2C(=O)O[C@H]2c2ccccc2)c1.COc1ccc(Br)c([C@H]2C(=O)O[C@H]2c2ccccc2)c1. The molecule has 0 aliphatic carbocycles. The summed E-state index contributed by atoms with van der Waals surface area (Å²) in [7, 11) is 3.22. The molecule has 4 aromatic rings. The van der Waals surface area contributed by atoms with Gasteiger partial charge in [-0.25, -0.2) is 0 Å². The van der Waals surface area contributed by atoms with Crippen LogP contribution in [0.25, 0.3) is 0 Å². The molecule has 4 atom stereocenters. The van der Waals surface area contributed by atoms with Gasteiger partial charge in [0.05, 0.1) is 14.2 Å². The Bertz CT molecular complexity index is 1390. The summed E-state index contributed by atoms with van der Waals surface area (Å²) in [4.78, 5) is 23.8. The lowest BCUT2D eigenvalue weighted by Gasteiger charge is -2.36. The number of halogens is 2. The van der Waals surface area contributed by atoms with Gasteiger partial charge in [-0.2, -0.15) is 0 Å². The Labute approximate surface area is 249 Å². The van der Waals surface area contributed by atoms with E-state index < -0.39 is 0 Å². The van der Waals surface area contributed by atoms with Crippen molar-refractivity contribution in [2.75, 3.05) is 14.2 Å². The number of methoxy groups -OCH3 is 2. The van der Waals surface area contributed by atoms with Crippen molar-refractivity contribution in [2.24, 2.45) is 0 Å². The summed E-state index contributed by atoms with van der Waals surface area (Å²) >= 11 is 7.00. The molecule has 6 rings (SSSR count). The van der Waals surface area contributed by atoms with Crippen molar-refractivity contribution < 1.29 is 28.5 Å². The van der Waals surface area contributed by atoms with Crippen LogP contribution in [0.3, 0.4) is 0 Å². The van der Waals surface area contributed by atoms with Gasteiger partial charge in [-0.1, -0.05) is 92.5 Å². The van der Waals surface area contributed by atoms with Crippen LogP contribution in [-0.4, -0.2) is 26.2 Å². The minimum atomic E-state index is -0.290. The summed E-state index contributed by atoms with van der Waals surface area (Å²) in [5, 5.41) is 0. The summed E-state index contributed by atoms with van der Waals surface area (Å²) in [6, 6.07) is 30.8. The smallest absolute Gasteiger partial charge is 0.318 e. The molecule has 2 saturated heterocycles. The quantitative estimate of drug-likeness (QED) is 0.197. The summed E-state index contributed by atoms with van der Waals surface area (Å²) in [6.07, 6.45) is -0.459. The van der Waals surface area contributed by atoms with Crippen LogP contribution >= 0.6 is 31.9 Å². The van der Waals surface area contributed by atoms with Crippen molar-refractivity contribution in [1.29, 1.82) is 0 Å². The van der Waals surface area contributed by atoms with E-state index in [0.29, 0.717) is 0 Å². The van der Waals surface area contributed by atoms with Crippen molar-refractivity contribution >= 4 is 43.8 Å². The minimum absolute atomic E-state index is 0.201. The number of carbonyl (C=O) groups excluding carboxylic acids is 2. The van der Waals surface area contributed by atoms with Gasteiger partial charge in [-0.15, -0.1) is 0 Å². The highest BCUT2D eigenvalue weighted by molar-refractivity contribution is 9.10. The van der Waals surface area contributed by atoms with E-state index >= 15 is 0 Å². The fourth-order valence-corrected chi connectivity index (χ4v) is 5.78. The van der Waals surface area contributed by atoms with Crippen molar-refractivity contribution in [3.05, 3.63) is 128 Å². The van der Waals surface area contributed by atoms with Crippen molar-refractivity contribution in [3.8, 4) is 11.5 Å². The first kappa shape index (κ1) is 27.9. The van der Waals surface area contributed by atoms with Gasteiger partial charge in [0.2, 0.25) is 0 Å². The van der Waals surface area contributed by atoms with Gasteiger partial charge in [-0.3, -0.25) is 9.59 Å². The third-order valence-corrected chi connectivity index (χ3v) is 8.38. The molecule has 0 saturated carbocycles. The van der Waals surface area contributed by atoms with E-state index in [9.17, 15) is 9.59 Å². The van der Waals surface area contributed by atoms with E-state index in [1.54, 1.807) is 14.2 Å². The Hall–Kier alpha value is -3.62. The fourth-order valence-electron chi connectivity index (χ4n) is 4.80. The largest absolute Gasteiger partial charge is 0.497 e. The standard InChI is InChI=1S/2C16H13BrO3/c2*1-19-11-7-8-13(17)12(9-11)14-15(20-16(14)18)10-5-3-2-4-6-10/h2*2-9,14-15H,1H3/t2*14-,15+/m11/s1. The monoisotopic (exact) mass is 664 g/mol. The number of ether oxygens (including phenoxy) is 4. The predicted octanol–water partition coefficient (Wildman–Crippen LogP) is 7.68. The maximum absolute atomic E-state index is 11.9. The lowest BCUT2D eigenvalue weighted by atomic mass is 9.85. The second-order valence-corrected chi connectivity index (χ2v) is 11.0. The molecule has 2 aliphatic heterocycles. The van der Waals surface area contributed by atoms with E-state index in [4.69, 9.17) is 18.9 Å². The highest BCUT2D eigenvalue weighted by Gasteiger charge is 2.46. The normalized spacial score (nSPS) is 21.0. The lowest BCUT2D eigenvalue weighted by molar-refractivity contribution is -0.177. The number of cyclic esters (lactones) is 2. The zero-order valence-corrected chi connectivity index (χ0v) is 24.9. The second-order valence-electron chi connectivity index (χ2n) is 9.27. The number of carbonyl (C=O) groups is 2. The Morgan fingerprint density at radius 2 is 0.950 bits per heavy atom. The average molecular weight is 666 g/mol. The Morgan fingerprint density at radius 1 is 0.575 bits per heavy atom. The van der Waals surface area contributed by atoms with Gasteiger partial charge in [-0.05, 0) is 58.7 Å². The zero-order chi connectivity index (χ0) is 28.2. The van der Waals surface area contributed by atoms with Crippen LogP contribution in [0, 0.1) is 0 Å². The number of hydrogen-bond acceptors (Lipinski definition) is 6. The van der Waals surface area contributed by atoms with E-state index in [2.05, 4.69) is 31.9 Å². The third kappa shape index (κ3) is 5.64. The van der Waals surface area contributed by atoms with E-state index in [0.717, 1.165) is 42.7 Å². The molecule has 0 amide bonds. The number of benzene rings is 4. The molecule has 204 valence electrons. The third-order valence-electron chi connectivity index (χ3n) is 6.93. The van der Waals surface area contributed by atoms with Crippen LogP contribution in [0.1, 0.15) is 46.3 Å². The molecule has 0 N–H and O–H groups in total. The number of esters is 2. The fraction of sp³-hybridized carbons (Fsp3) is 0.188. The maximum Gasteiger partial charge on any atom is 0.318 e. The number of hydrogen-bond donors (Lipinski definition) is 0. The molecule has 0 bridgehead atoms. The molecule has 4 aromatic carbocycles. The van der Waals surface area contributed by atoms with Crippen molar-refractivity contribution in [3.63, 3.8) is 0 Å². The second kappa shape index (κ2) is 12.3. The van der Waals surface area contributed by atoms with Gasteiger partial charge >= 0.3 is 11.9 Å². The van der Waals surface area contributed by atoms with E-state index in [1.807, 2.05) is 97.1 Å². The Balaban J connectivity index is 0.000000161. The van der Waals surface area contributed by atoms with Crippen molar-refractivity contribution in [1.82, 2.24) is 0 Å². The van der Waals surface area contributed by atoms with Crippen LogP contribution in [0.2, 0.25) is 0 Å². The van der Waals surface area contributed by atoms with Crippen LogP contribution in [0.5, 0.6) is 11.5 Å². The molecule has 8 heteroatoms. The van der Waals surface area contributed by atoms with Crippen LogP contribution in [-0.2, 0) is 19.1 Å². The van der Waals surface area contributed by atoms with Gasteiger partial charge in [0.25, 0.3) is 0 Å². The van der Waals surface area contributed by atoms with E-state index in [1.165, 1.54) is 0 Å². The maximum atomic E-state index is 11.9. The molecule has 0 unspecified atom stereocenters. The summed E-state index contributed by atoms with van der Waals surface area (Å²) in [5.41, 5.74) is 3.81. The average Bonchev–Trinajstić information content (AvgIpc) is 2.98. The molecular weight excluding hydrogens is 640 g/mol. The zero-order valence-electron chi connectivity index (χ0n) is 21.8. The van der Waals surface area contributed by atoms with Crippen LogP contribution in [0.4, 0.5) is 0 Å². The molecule has 0 spiro atoms. The topological polar surface area (TPSA) is 71.1 Å². The molecular formula is C32H26Br2O6. The van der Waals surface area contributed by atoms with Crippen LogP contribution < -0.4 is 9.47 Å². The highest BCUT2D eigenvalue weighted by Crippen LogP contribution is 2.47. The number of rotatable bonds is 6. The summed E-state index contributed by atoms with van der Waals surface area (Å²) in [6.45, 7) is 0. The minimum Gasteiger partial charge on any atom is -0.497 e. The Morgan fingerprint density at radius 3 is 1.27 bits per heavy atom. The summed E-state index contributed by atoms with van der Waals surface area (Å²) < 4.78 is 22.9. The molecule has 2 heterocycles. The van der Waals surface area contributed by atoms with E-state index in [-0.39, 0.29) is 36.0 Å². The predicted molar refractivity (Wildman–Crippen MR) is 157 cm³/mol. The molecule has 2 aliphatic rings. The molecule has 6 nitrogen and oxygen atoms in total.